The van der Waals surface area contributed by atoms with Crippen molar-refractivity contribution in [1.29, 1.82) is 0 Å². The third-order valence-electron chi connectivity index (χ3n) is 12.5. The maximum Gasteiger partial charge on any atom is -1.00 e. The van der Waals surface area contributed by atoms with Crippen molar-refractivity contribution in [2.24, 2.45) is 0 Å². The Kier molecular flexibility index (Phi) is 13.0. The Bertz CT molecular complexity index is 2590. The minimum absolute atomic E-state index is 0. The van der Waals surface area contributed by atoms with Gasteiger partial charge in [-0.25, -0.2) is 0 Å². The van der Waals surface area contributed by atoms with Crippen LogP contribution < -0.4 is 24.8 Å². The van der Waals surface area contributed by atoms with E-state index in [0.717, 1.165) is 27.2 Å². The van der Waals surface area contributed by atoms with E-state index in [9.17, 15) is 0 Å². The molecule has 0 unspecified atom stereocenters. The van der Waals surface area contributed by atoms with Crippen LogP contribution in [0.3, 0.4) is 0 Å². The fourth-order valence-electron chi connectivity index (χ4n) is 9.67. The molecule has 0 atom stereocenters. The number of benzene rings is 6. The van der Waals surface area contributed by atoms with Crippen LogP contribution in [0.4, 0.5) is 0 Å². The van der Waals surface area contributed by atoms with Crippen molar-refractivity contribution in [1.82, 2.24) is 0 Å². The van der Waals surface area contributed by atoms with Gasteiger partial charge in [0.1, 0.15) is 0 Å². The van der Waals surface area contributed by atoms with E-state index in [1.54, 1.807) is 3.28 Å². The molecule has 6 aromatic rings. The molecule has 0 saturated heterocycles. The van der Waals surface area contributed by atoms with E-state index in [2.05, 4.69) is 198 Å². The zero-order valence-electron chi connectivity index (χ0n) is 37.3. The minimum Gasteiger partial charge on any atom is -1.00 e. The molecule has 0 amide bonds. The Balaban J connectivity index is 0.00000302. The molecular weight excluding hydrogens is 894 g/mol. The average Bonchev–Trinajstić information content (AvgIpc) is 3.79. The number of fused-ring (bicyclic) bond motifs is 5. The minimum atomic E-state index is -3.20. The molecule has 0 nitrogen and oxygen atoms in total. The average molecular weight is 952 g/mol. The van der Waals surface area contributed by atoms with Crippen LogP contribution in [0.5, 0.6) is 0 Å². The molecule has 8 rings (SSSR count). The number of hydrogen-bond acceptors (Lipinski definition) is 0. The molecule has 0 saturated carbocycles. The monoisotopic (exact) mass is 948 g/mol. The van der Waals surface area contributed by atoms with Gasteiger partial charge in [0.15, 0.2) is 0 Å². The van der Waals surface area contributed by atoms with E-state index in [1.807, 2.05) is 0 Å². The zero-order chi connectivity index (χ0) is 41.7. The third kappa shape index (κ3) is 8.26. The smallest absolute Gasteiger partial charge is 1.00 e. The van der Waals surface area contributed by atoms with Gasteiger partial charge in [-0.15, -0.1) is 0 Å². The third-order valence-corrected chi connectivity index (χ3v) is 21.3. The molecule has 60 heavy (non-hydrogen) atoms. The van der Waals surface area contributed by atoms with Crippen LogP contribution in [0.25, 0.3) is 32.7 Å². The number of hydrogen-bond donors (Lipinski definition) is 0. The van der Waals surface area contributed by atoms with Crippen molar-refractivity contribution < 1.29 is 46.1 Å². The second-order valence-electron chi connectivity index (χ2n) is 20.8. The molecule has 0 heterocycles. The Hall–Kier alpha value is -2.77. The van der Waals surface area contributed by atoms with Crippen molar-refractivity contribution in [2.75, 3.05) is 0 Å². The first-order chi connectivity index (χ1) is 27.2. The fraction of sp³-hybridized carbons (Fsp3) is 0.327. The van der Waals surface area contributed by atoms with Crippen LogP contribution in [0.1, 0.15) is 138 Å². The van der Waals surface area contributed by atoms with E-state index in [1.165, 1.54) is 69.6 Å². The van der Waals surface area contributed by atoms with Crippen LogP contribution in [-0.4, -0.2) is 3.21 Å². The van der Waals surface area contributed by atoms with Crippen LogP contribution in [-0.2, 0) is 42.9 Å². The van der Waals surface area contributed by atoms with Gasteiger partial charge in [-0.2, -0.15) is 0 Å². The van der Waals surface area contributed by atoms with E-state index in [0.29, 0.717) is 0 Å². The predicted octanol–water partition coefficient (Wildman–Crippen LogP) is 10.3. The summed E-state index contributed by atoms with van der Waals surface area (Å²) in [7, 11) is 0. The Morgan fingerprint density at radius 2 is 0.867 bits per heavy atom. The van der Waals surface area contributed by atoms with E-state index < -0.39 is 21.3 Å². The molecule has 0 N–H and O–H groups in total. The van der Waals surface area contributed by atoms with Gasteiger partial charge in [-0.05, 0) is 0 Å². The van der Waals surface area contributed by atoms with Gasteiger partial charge < -0.3 is 24.8 Å². The van der Waals surface area contributed by atoms with Gasteiger partial charge in [-0.3, -0.25) is 0 Å². The number of halogens is 4. The SMILES string of the molecule is CC(C)(C)c1cc2c(cc1C(C)(C)C)[CH]([Zr+2]([C]1=CC=CC1)=[C](c1ccc(Cl)c3ccccc13)c1ccc(Cl)c3ccccc13)c1cc(C(C)(C)C)c(C(C)(C)C)cc1-2.[Cl-].[Cl-]. The van der Waals surface area contributed by atoms with Gasteiger partial charge in [0, 0.05) is 0 Å². The fourth-order valence-corrected chi connectivity index (χ4v) is 19.2. The summed E-state index contributed by atoms with van der Waals surface area (Å²) >= 11 is 10.9. The molecule has 0 spiro atoms. The predicted molar refractivity (Wildman–Crippen MR) is 251 cm³/mol. The van der Waals surface area contributed by atoms with E-state index in [4.69, 9.17) is 23.2 Å². The summed E-state index contributed by atoms with van der Waals surface area (Å²) in [5, 5.41) is 6.20. The quantitative estimate of drug-likeness (QED) is 0.165. The summed E-state index contributed by atoms with van der Waals surface area (Å²) in [6.07, 6.45) is 8.17. The molecule has 310 valence electrons. The van der Waals surface area contributed by atoms with Crippen LogP contribution in [0.2, 0.25) is 10.0 Å². The Morgan fingerprint density at radius 1 is 0.500 bits per heavy atom. The molecular formula is C55H58Cl4Zr. The van der Waals surface area contributed by atoms with E-state index in [-0.39, 0.29) is 50.1 Å². The molecule has 0 aromatic heterocycles. The van der Waals surface area contributed by atoms with Crippen molar-refractivity contribution in [2.45, 2.75) is 115 Å². The van der Waals surface area contributed by atoms with Crippen molar-refractivity contribution in [3.8, 4) is 11.1 Å². The molecule has 5 heteroatoms. The Labute approximate surface area is 389 Å². The van der Waals surface area contributed by atoms with Gasteiger partial charge >= 0.3 is 368 Å². The molecule has 0 aliphatic heterocycles. The second-order valence-corrected chi connectivity index (χ2v) is 27.9. The summed E-state index contributed by atoms with van der Waals surface area (Å²) in [5.41, 5.74) is 14.2. The summed E-state index contributed by atoms with van der Waals surface area (Å²) < 4.78 is 3.37. The maximum atomic E-state index is 7.05. The first-order valence-corrected chi connectivity index (χ1v) is 25.6. The molecule has 2 aliphatic rings. The second kappa shape index (κ2) is 16.7. The summed E-state index contributed by atoms with van der Waals surface area (Å²) in [6, 6.07) is 37.0. The van der Waals surface area contributed by atoms with Gasteiger partial charge in [0.05, 0.1) is 0 Å². The number of rotatable bonds is 4. The van der Waals surface area contributed by atoms with E-state index >= 15 is 0 Å². The van der Waals surface area contributed by atoms with Gasteiger partial charge in [0.2, 0.25) is 0 Å². The van der Waals surface area contributed by atoms with Crippen molar-refractivity contribution in [3.63, 3.8) is 0 Å². The summed E-state index contributed by atoms with van der Waals surface area (Å²) in [5.74, 6) is 0. The molecule has 2 aliphatic carbocycles. The normalized spacial score (nSPS) is 14.0. The molecule has 6 aromatic carbocycles. The van der Waals surface area contributed by atoms with Crippen molar-refractivity contribution >= 4 is 48.0 Å². The van der Waals surface area contributed by atoms with Crippen molar-refractivity contribution in [3.05, 3.63) is 173 Å². The van der Waals surface area contributed by atoms with Crippen LogP contribution in [0, 0.1) is 0 Å². The van der Waals surface area contributed by atoms with Gasteiger partial charge in [0.25, 0.3) is 0 Å². The zero-order valence-corrected chi connectivity index (χ0v) is 42.7. The topological polar surface area (TPSA) is 0 Å². The first-order valence-electron chi connectivity index (χ1n) is 21.0. The summed E-state index contributed by atoms with van der Waals surface area (Å²) in [6.45, 7) is 28.7. The largest absolute Gasteiger partial charge is 1.00 e. The molecule has 0 fully saturated rings. The standard InChI is InChI=1S/C29H41.C21H12Cl2.C5H5.2ClH.Zr/c1-26(2,3)22-14-18-13-19-15-23(27(4,5)6)25(29(10,11)12)17-21(19)20(18)16-24(22)28(7,8)9;22-20-11-9-14(16-5-1-3-7-18(16)20)13-15-10-12-21(23)19-8-4-2-6-17(15)19;1-2-4-5-3-1;;;/h13-17H,1-12H3;1-12H;1-3H,4H2;2*1H;/q;;;;;+2/p-2. The molecule has 0 radical (unpaired) electrons. The molecule has 0 bridgehead atoms. The van der Waals surface area contributed by atoms with Gasteiger partial charge in [-0.1, -0.05) is 0 Å². The summed E-state index contributed by atoms with van der Waals surface area (Å²) in [4.78, 5) is 0. The first kappa shape index (κ1) is 46.7. The Morgan fingerprint density at radius 3 is 1.22 bits per heavy atom. The van der Waals surface area contributed by atoms with Crippen LogP contribution in [0.15, 0.2) is 119 Å². The van der Waals surface area contributed by atoms with Crippen LogP contribution >= 0.6 is 23.2 Å². The maximum absolute atomic E-state index is 7.05. The number of allylic oxidation sites excluding steroid dienone is 4.